The van der Waals surface area contributed by atoms with Crippen LogP contribution in [-0.2, 0) is 13.1 Å². The maximum Gasteiger partial charge on any atom is 0.256 e. The third kappa shape index (κ3) is 3.96. The van der Waals surface area contributed by atoms with E-state index in [9.17, 15) is 4.79 Å². The molecule has 0 spiro atoms. The standard InChI is InChI=1S/C17H13Cl2NO2S/c18-12-5-6-15(16(19)9-12)17(21)20(10-13-3-1-7-22-13)11-14-4-2-8-23-14/h1-9H,10-11H2. The van der Waals surface area contributed by atoms with Gasteiger partial charge < -0.3 is 9.32 Å². The lowest BCUT2D eigenvalue weighted by atomic mass is 10.2. The highest BCUT2D eigenvalue weighted by Gasteiger charge is 2.20. The lowest BCUT2D eigenvalue weighted by molar-refractivity contribution is 0.0719. The average Bonchev–Trinajstić information content (AvgIpc) is 3.19. The van der Waals surface area contributed by atoms with E-state index < -0.39 is 0 Å². The van der Waals surface area contributed by atoms with Gasteiger partial charge in [-0.1, -0.05) is 29.3 Å². The van der Waals surface area contributed by atoms with Gasteiger partial charge in [0.25, 0.3) is 5.91 Å². The van der Waals surface area contributed by atoms with E-state index in [1.54, 1.807) is 46.8 Å². The van der Waals surface area contributed by atoms with E-state index in [-0.39, 0.29) is 5.91 Å². The highest BCUT2D eigenvalue weighted by atomic mass is 35.5. The summed E-state index contributed by atoms with van der Waals surface area (Å²) < 4.78 is 5.37. The van der Waals surface area contributed by atoms with E-state index in [1.165, 1.54) is 0 Å². The molecule has 0 fully saturated rings. The zero-order valence-corrected chi connectivity index (χ0v) is 14.4. The summed E-state index contributed by atoms with van der Waals surface area (Å²) in [6.45, 7) is 0.874. The zero-order chi connectivity index (χ0) is 16.2. The number of carbonyl (C=O) groups excluding carboxylic acids is 1. The Kier molecular flexibility index (Phi) is 5.06. The van der Waals surface area contributed by atoms with Gasteiger partial charge >= 0.3 is 0 Å². The quantitative estimate of drug-likeness (QED) is 0.598. The number of rotatable bonds is 5. The van der Waals surface area contributed by atoms with Crippen molar-refractivity contribution in [2.24, 2.45) is 0 Å². The van der Waals surface area contributed by atoms with Gasteiger partial charge in [-0.3, -0.25) is 4.79 Å². The first kappa shape index (κ1) is 16.1. The Labute approximate surface area is 148 Å². The van der Waals surface area contributed by atoms with Crippen molar-refractivity contribution in [3.05, 3.63) is 80.4 Å². The van der Waals surface area contributed by atoms with Gasteiger partial charge in [0.05, 0.1) is 29.9 Å². The van der Waals surface area contributed by atoms with Gasteiger partial charge in [-0.25, -0.2) is 0 Å². The number of halogens is 2. The van der Waals surface area contributed by atoms with Crippen LogP contribution in [0.3, 0.4) is 0 Å². The first-order chi connectivity index (χ1) is 11.1. The van der Waals surface area contributed by atoms with Gasteiger partial charge in [0.1, 0.15) is 5.76 Å². The lowest BCUT2D eigenvalue weighted by Crippen LogP contribution is -2.29. The molecule has 23 heavy (non-hydrogen) atoms. The molecular weight excluding hydrogens is 353 g/mol. The molecule has 0 radical (unpaired) electrons. The second kappa shape index (κ2) is 7.21. The molecule has 6 heteroatoms. The third-order valence-electron chi connectivity index (χ3n) is 3.30. The van der Waals surface area contributed by atoms with E-state index in [0.29, 0.717) is 28.7 Å². The van der Waals surface area contributed by atoms with Crippen LogP contribution in [0.1, 0.15) is 21.0 Å². The fourth-order valence-electron chi connectivity index (χ4n) is 2.21. The topological polar surface area (TPSA) is 33.5 Å². The molecule has 0 aliphatic carbocycles. The van der Waals surface area contributed by atoms with Crippen molar-refractivity contribution in [1.29, 1.82) is 0 Å². The zero-order valence-electron chi connectivity index (χ0n) is 12.0. The van der Waals surface area contributed by atoms with Gasteiger partial charge in [-0.2, -0.15) is 0 Å². The van der Waals surface area contributed by atoms with Gasteiger partial charge in [-0.05, 0) is 41.8 Å². The number of hydrogen-bond acceptors (Lipinski definition) is 3. The highest BCUT2D eigenvalue weighted by Crippen LogP contribution is 2.24. The van der Waals surface area contributed by atoms with Crippen LogP contribution in [0.15, 0.2) is 58.5 Å². The summed E-state index contributed by atoms with van der Waals surface area (Å²) in [5.41, 5.74) is 0.430. The first-order valence-electron chi connectivity index (χ1n) is 6.92. The van der Waals surface area contributed by atoms with Crippen molar-refractivity contribution < 1.29 is 9.21 Å². The van der Waals surface area contributed by atoms with Crippen molar-refractivity contribution in [2.45, 2.75) is 13.1 Å². The van der Waals surface area contributed by atoms with E-state index in [1.807, 2.05) is 23.6 Å². The molecule has 3 nitrogen and oxygen atoms in total. The number of hydrogen-bond donors (Lipinski definition) is 0. The Morgan fingerprint density at radius 1 is 1.13 bits per heavy atom. The van der Waals surface area contributed by atoms with Crippen LogP contribution in [0.2, 0.25) is 10.0 Å². The molecule has 0 saturated heterocycles. The molecule has 1 aromatic carbocycles. The van der Waals surface area contributed by atoms with Crippen LogP contribution in [0.5, 0.6) is 0 Å². The van der Waals surface area contributed by atoms with Crippen LogP contribution in [0.25, 0.3) is 0 Å². The van der Waals surface area contributed by atoms with Gasteiger partial charge in [-0.15, -0.1) is 11.3 Å². The molecule has 0 aliphatic heterocycles. The summed E-state index contributed by atoms with van der Waals surface area (Å²) in [5.74, 6) is 0.566. The number of benzene rings is 1. The molecular formula is C17H13Cl2NO2S. The molecule has 0 N–H and O–H groups in total. The van der Waals surface area contributed by atoms with Crippen molar-refractivity contribution in [2.75, 3.05) is 0 Å². The normalized spacial score (nSPS) is 10.7. The molecule has 3 aromatic rings. The average molecular weight is 366 g/mol. The molecule has 2 heterocycles. The molecule has 0 aliphatic rings. The van der Waals surface area contributed by atoms with Crippen LogP contribution >= 0.6 is 34.5 Å². The van der Waals surface area contributed by atoms with Crippen molar-refractivity contribution in [1.82, 2.24) is 4.90 Å². The van der Waals surface area contributed by atoms with E-state index in [2.05, 4.69) is 0 Å². The summed E-state index contributed by atoms with van der Waals surface area (Å²) in [7, 11) is 0. The Hall–Kier alpha value is -1.75. The number of carbonyl (C=O) groups is 1. The molecule has 1 amide bonds. The maximum atomic E-state index is 12.9. The van der Waals surface area contributed by atoms with Crippen molar-refractivity contribution >= 4 is 40.4 Å². The Morgan fingerprint density at radius 3 is 2.65 bits per heavy atom. The van der Waals surface area contributed by atoms with Crippen molar-refractivity contribution in [3.8, 4) is 0 Å². The van der Waals surface area contributed by atoms with Crippen LogP contribution in [0, 0.1) is 0 Å². The largest absolute Gasteiger partial charge is 0.467 e. The number of thiophene rings is 1. The molecule has 2 aromatic heterocycles. The van der Waals surface area contributed by atoms with Crippen LogP contribution < -0.4 is 0 Å². The fraction of sp³-hybridized carbons (Fsp3) is 0.118. The maximum absolute atomic E-state index is 12.9. The predicted molar refractivity (Wildman–Crippen MR) is 93.1 cm³/mol. The minimum atomic E-state index is -0.156. The summed E-state index contributed by atoms with van der Waals surface area (Å²) in [6.07, 6.45) is 1.60. The predicted octanol–water partition coefficient (Wildman–Crippen LogP) is 5.49. The fourth-order valence-corrected chi connectivity index (χ4v) is 3.42. The Balaban J connectivity index is 1.88. The smallest absolute Gasteiger partial charge is 0.256 e. The number of nitrogens with zero attached hydrogens (tertiary/aromatic N) is 1. The molecule has 3 rings (SSSR count). The molecule has 0 atom stereocenters. The van der Waals surface area contributed by atoms with Crippen molar-refractivity contribution in [3.63, 3.8) is 0 Å². The summed E-state index contributed by atoms with van der Waals surface area (Å²) in [4.78, 5) is 15.7. The lowest BCUT2D eigenvalue weighted by Gasteiger charge is -2.21. The minimum absolute atomic E-state index is 0.156. The molecule has 118 valence electrons. The Morgan fingerprint density at radius 2 is 2.00 bits per heavy atom. The number of furan rings is 1. The summed E-state index contributed by atoms with van der Waals surface area (Å²) >= 11 is 13.7. The molecule has 0 saturated carbocycles. The third-order valence-corrected chi connectivity index (χ3v) is 4.71. The minimum Gasteiger partial charge on any atom is -0.467 e. The van der Waals surface area contributed by atoms with Gasteiger partial charge in [0.2, 0.25) is 0 Å². The SMILES string of the molecule is O=C(c1ccc(Cl)cc1Cl)N(Cc1ccco1)Cc1cccs1. The summed E-state index contributed by atoms with van der Waals surface area (Å²) in [6, 6.07) is 12.5. The molecule has 0 bridgehead atoms. The van der Waals surface area contributed by atoms with Gasteiger partial charge in [0, 0.05) is 9.90 Å². The van der Waals surface area contributed by atoms with Crippen LogP contribution in [-0.4, -0.2) is 10.8 Å². The molecule has 0 unspecified atom stereocenters. The monoisotopic (exact) mass is 365 g/mol. The summed E-state index contributed by atoms with van der Waals surface area (Å²) in [5, 5.41) is 2.83. The number of amides is 1. The highest BCUT2D eigenvalue weighted by molar-refractivity contribution is 7.09. The van der Waals surface area contributed by atoms with Crippen LogP contribution in [0.4, 0.5) is 0 Å². The second-order valence-corrected chi connectivity index (χ2v) is 6.82. The van der Waals surface area contributed by atoms with Gasteiger partial charge in [0.15, 0.2) is 0 Å². The van der Waals surface area contributed by atoms with E-state index >= 15 is 0 Å². The Bertz CT molecular complexity index is 749. The van der Waals surface area contributed by atoms with E-state index in [4.69, 9.17) is 27.6 Å². The van der Waals surface area contributed by atoms with E-state index in [0.717, 1.165) is 10.6 Å². The second-order valence-electron chi connectivity index (χ2n) is 4.94. The first-order valence-corrected chi connectivity index (χ1v) is 8.56.